The molecule has 0 saturated heterocycles. The molecule has 0 spiro atoms. The topological polar surface area (TPSA) is 9.23 Å². The van der Waals surface area contributed by atoms with Crippen molar-refractivity contribution in [3.63, 3.8) is 0 Å². The van der Waals surface area contributed by atoms with Crippen LogP contribution < -0.4 is 4.74 Å². The van der Waals surface area contributed by atoms with E-state index in [1.54, 1.807) is 0 Å². The molecule has 0 amide bonds. The van der Waals surface area contributed by atoms with Gasteiger partial charge in [-0.05, 0) is 12.1 Å². The monoisotopic (exact) mass is 159 g/mol. The number of benzene rings is 1. The average Bonchev–Trinajstić information content (AvgIpc) is 1.88. The highest BCUT2D eigenvalue weighted by molar-refractivity contribution is 6.30. The van der Waals surface area contributed by atoms with E-state index >= 15 is 0 Å². The van der Waals surface area contributed by atoms with Crippen molar-refractivity contribution in [1.29, 1.82) is 0 Å². The zero-order valence-corrected chi connectivity index (χ0v) is 6.07. The standard InChI is InChI=1S/C7H5ClFO/c1-10-7-3-2-5(8)4-6(7)9/h2-3H,1H3. The number of hydrogen-bond donors (Lipinski definition) is 0. The first kappa shape index (κ1) is 7.35. The fraction of sp³-hybridized carbons (Fsp3) is 0.143. The van der Waals surface area contributed by atoms with Gasteiger partial charge >= 0.3 is 0 Å². The molecular weight excluding hydrogens is 155 g/mol. The third kappa shape index (κ3) is 1.39. The zero-order chi connectivity index (χ0) is 7.56. The van der Waals surface area contributed by atoms with Crippen LogP contribution in [0.4, 0.5) is 4.39 Å². The Morgan fingerprint density at radius 1 is 1.60 bits per heavy atom. The van der Waals surface area contributed by atoms with Crippen molar-refractivity contribution in [2.45, 2.75) is 0 Å². The van der Waals surface area contributed by atoms with Gasteiger partial charge in [-0.25, -0.2) is 4.39 Å². The predicted octanol–water partition coefficient (Wildman–Crippen LogP) is 2.29. The first-order chi connectivity index (χ1) is 4.74. The molecule has 3 heteroatoms. The van der Waals surface area contributed by atoms with Crippen molar-refractivity contribution in [1.82, 2.24) is 0 Å². The molecule has 53 valence electrons. The van der Waals surface area contributed by atoms with Crippen LogP contribution in [0.5, 0.6) is 5.75 Å². The molecule has 0 aliphatic rings. The molecule has 0 N–H and O–H groups in total. The first-order valence-corrected chi connectivity index (χ1v) is 3.03. The third-order valence-electron chi connectivity index (χ3n) is 1.05. The van der Waals surface area contributed by atoms with E-state index in [4.69, 9.17) is 11.6 Å². The quantitative estimate of drug-likeness (QED) is 0.611. The minimum atomic E-state index is -0.560. The lowest BCUT2D eigenvalue weighted by atomic mass is 10.3. The summed E-state index contributed by atoms with van der Waals surface area (Å²) in [6.07, 6.45) is 0. The van der Waals surface area contributed by atoms with Crippen LogP contribution in [-0.4, -0.2) is 7.11 Å². The predicted molar refractivity (Wildman–Crippen MR) is 36.8 cm³/mol. The third-order valence-corrected chi connectivity index (χ3v) is 1.27. The summed E-state index contributed by atoms with van der Waals surface area (Å²) in [5.74, 6) is -0.403. The molecule has 10 heavy (non-hydrogen) atoms. The van der Waals surface area contributed by atoms with Crippen molar-refractivity contribution in [3.05, 3.63) is 29.0 Å². The molecular formula is C7H5ClFO. The second kappa shape index (κ2) is 2.88. The van der Waals surface area contributed by atoms with Crippen molar-refractivity contribution < 1.29 is 9.13 Å². The smallest absolute Gasteiger partial charge is 0.174 e. The van der Waals surface area contributed by atoms with Crippen LogP contribution in [0, 0.1) is 11.9 Å². The molecule has 1 aromatic rings. The highest BCUT2D eigenvalue weighted by atomic mass is 35.5. The van der Waals surface area contributed by atoms with E-state index < -0.39 is 5.82 Å². The Hall–Kier alpha value is -0.760. The lowest BCUT2D eigenvalue weighted by molar-refractivity contribution is 0.386. The van der Waals surface area contributed by atoms with Crippen LogP contribution in [0.1, 0.15) is 0 Å². The second-order valence-corrected chi connectivity index (χ2v) is 2.10. The van der Waals surface area contributed by atoms with Crippen molar-refractivity contribution >= 4 is 11.6 Å². The van der Waals surface area contributed by atoms with E-state index in [-0.39, 0.29) is 10.8 Å². The summed E-state index contributed by atoms with van der Waals surface area (Å²) < 4.78 is 17.2. The molecule has 1 rings (SSSR count). The van der Waals surface area contributed by atoms with Crippen molar-refractivity contribution in [3.8, 4) is 5.75 Å². The van der Waals surface area contributed by atoms with Crippen LogP contribution in [0.3, 0.4) is 0 Å². The highest BCUT2D eigenvalue weighted by Crippen LogP contribution is 2.19. The summed E-state index contributed by atoms with van der Waals surface area (Å²) in [4.78, 5) is 0. The van der Waals surface area contributed by atoms with Crippen LogP contribution in [0.25, 0.3) is 0 Å². The van der Waals surface area contributed by atoms with Gasteiger partial charge < -0.3 is 4.74 Å². The molecule has 0 heterocycles. The Morgan fingerprint density at radius 3 is 2.80 bits per heavy atom. The Kier molecular flexibility index (Phi) is 2.12. The summed E-state index contributed by atoms with van der Waals surface area (Å²) in [5.41, 5.74) is 0. The van der Waals surface area contributed by atoms with Crippen LogP contribution in [0.2, 0.25) is 5.02 Å². The van der Waals surface area contributed by atoms with Crippen LogP contribution in [-0.2, 0) is 0 Å². The average molecular weight is 160 g/mol. The van der Waals surface area contributed by atoms with Gasteiger partial charge in [0.25, 0.3) is 0 Å². The SMILES string of the molecule is COc1ccc(Cl)[c]c1F. The maximum Gasteiger partial charge on any atom is 0.174 e. The number of ether oxygens (including phenoxy) is 1. The van der Waals surface area contributed by atoms with Crippen molar-refractivity contribution in [2.24, 2.45) is 0 Å². The molecule has 1 radical (unpaired) electrons. The van der Waals surface area contributed by atoms with Gasteiger partial charge in [0.15, 0.2) is 11.6 Å². The maximum absolute atomic E-state index is 12.6. The molecule has 0 unspecified atom stereocenters. The number of halogens is 2. The fourth-order valence-corrected chi connectivity index (χ4v) is 0.734. The molecule has 1 aromatic carbocycles. The molecule has 1 nitrogen and oxygen atoms in total. The molecule has 0 aliphatic heterocycles. The largest absolute Gasteiger partial charge is 0.494 e. The number of rotatable bonds is 1. The molecule has 0 fully saturated rings. The van der Waals surface area contributed by atoms with Gasteiger partial charge in [0.2, 0.25) is 0 Å². The highest BCUT2D eigenvalue weighted by Gasteiger charge is 2.00. The minimum Gasteiger partial charge on any atom is -0.494 e. The molecule has 0 atom stereocenters. The van der Waals surface area contributed by atoms with Gasteiger partial charge in [-0.2, -0.15) is 0 Å². The Labute approximate surface area is 63.4 Å². The van der Waals surface area contributed by atoms with E-state index in [9.17, 15) is 4.39 Å². The van der Waals surface area contributed by atoms with Gasteiger partial charge in [0.05, 0.1) is 12.1 Å². The minimum absolute atomic E-state index is 0.157. The zero-order valence-electron chi connectivity index (χ0n) is 5.32. The van der Waals surface area contributed by atoms with Crippen LogP contribution >= 0.6 is 11.6 Å². The van der Waals surface area contributed by atoms with E-state index in [2.05, 4.69) is 10.8 Å². The summed E-state index contributed by atoms with van der Waals surface area (Å²) >= 11 is 5.42. The molecule has 0 aliphatic carbocycles. The summed E-state index contributed by atoms with van der Waals surface area (Å²) in [6.45, 7) is 0. The lowest BCUT2D eigenvalue weighted by Crippen LogP contribution is -1.86. The molecule has 0 saturated carbocycles. The summed E-state index contributed by atoms with van der Waals surface area (Å²) in [5, 5.41) is 0.248. The van der Waals surface area contributed by atoms with Gasteiger partial charge in [0, 0.05) is 6.07 Å². The Balaban J connectivity index is 3.07. The van der Waals surface area contributed by atoms with Gasteiger partial charge in [-0.15, -0.1) is 0 Å². The van der Waals surface area contributed by atoms with Gasteiger partial charge in [-0.3, -0.25) is 0 Å². The number of hydrogen-bond acceptors (Lipinski definition) is 1. The van der Waals surface area contributed by atoms with E-state index in [0.29, 0.717) is 0 Å². The normalized spacial score (nSPS) is 9.50. The maximum atomic E-state index is 12.6. The van der Waals surface area contributed by atoms with Gasteiger partial charge in [0.1, 0.15) is 0 Å². The summed E-state index contributed by atoms with van der Waals surface area (Å²) in [7, 11) is 1.39. The van der Waals surface area contributed by atoms with E-state index in [0.717, 1.165) is 0 Å². The van der Waals surface area contributed by atoms with E-state index in [1.807, 2.05) is 0 Å². The summed E-state index contributed by atoms with van der Waals surface area (Å²) in [6, 6.07) is 5.23. The van der Waals surface area contributed by atoms with Crippen LogP contribution in [0.15, 0.2) is 12.1 Å². The number of methoxy groups -OCH3 is 1. The molecule has 0 aromatic heterocycles. The second-order valence-electron chi connectivity index (χ2n) is 1.69. The lowest BCUT2D eigenvalue weighted by Gasteiger charge is -1.98. The Bertz CT molecular complexity index is 237. The van der Waals surface area contributed by atoms with E-state index in [1.165, 1.54) is 19.2 Å². The fourth-order valence-electron chi connectivity index (χ4n) is 0.588. The molecule has 0 bridgehead atoms. The Morgan fingerprint density at radius 2 is 2.30 bits per heavy atom. The van der Waals surface area contributed by atoms with Crippen molar-refractivity contribution in [2.75, 3.05) is 7.11 Å². The first-order valence-electron chi connectivity index (χ1n) is 2.65. The van der Waals surface area contributed by atoms with Gasteiger partial charge in [-0.1, -0.05) is 11.6 Å².